The number of carbonyl (C=O) groups excluding carboxylic acids is 1. The number of hydrogen-bond donors (Lipinski definition) is 1. The van der Waals surface area contributed by atoms with Crippen LogP contribution < -0.4 is 10.6 Å². The van der Waals surface area contributed by atoms with Crippen LogP contribution in [0.2, 0.25) is 0 Å². The Morgan fingerprint density at radius 1 is 1.43 bits per heavy atom. The second-order valence-electron chi connectivity index (χ2n) is 5.99. The van der Waals surface area contributed by atoms with E-state index < -0.39 is 0 Å². The third kappa shape index (κ3) is 3.87. The fourth-order valence-electron chi connectivity index (χ4n) is 2.61. The molecule has 0 bridgehead atoms. The van der Waals surface area contributed by atoms with E-state index in [1.165, 1.54) is 11.3 Å². The zero-order chi connectivity index (χ0) is 14.9. The summed E-state index contributed by atoms with van der Waals surface area (Å²) in [4.78, 5) is 26.9. The largest absolute Gasteiger partial charge is 0.342 e. The van der Waals surface area contributed by atoms with E-state index in [1.54, 1.807) is 4.57 Å². The molecule has 2 N–H and O–H groups in total. The normalized spacial score (nSPS) is 21.4. The van der Waals surface area contributed by atoms with E-state index in [0.717, 1.165) is 30.1 Å². The SMILES string of the molecule is Cc1sc(=O)n(CCC(=O)N2CCC(C)(CN)C2)c1C.Cl. The summed E-state index contributed by atoms with van der Waals surface area (Å²) < 4.78 is 1.70. The van der Waals surface area contributed by atoms with Gasteiger partial charge in [-0.3, -0.25) is 9.59 Å². The molecule has 120 valence electrons. The van der Waals surface area contributed by atoms with Crippen molar-refractivity contribution in [3.8, 4) is 0 Å². The molecule has 2 rings (SSSR count). The van der Waals surface area contributed by atoms with Gasteiger partial charge in [0.25, 0.3) is 0 Å². The molecule has 0 radical (unpaired) electrons. The molecule has 1 atom stereocenters. The van der Waals surface area contributed by atoms with Crippen LogP contribution in [0.1, 0.15) is 30.3 Å². The number of nitrogens with zero attached hydrogens (tertiary/aromatic N) is 2. The number of amides is 1. The molecule has 0 aliphatic carbocycles. The molecule has 1 unspecified atom stereocenters. The van der Waals surface area contributed by atoms with Gasteiger partial charge in [0.05, 0.1) is 0 Å². The number of nitrogens with two attached hydrogens (primary N) is 1. The van der Waals surface area contributed by atoms with Crippen molar-refractivity contribution in [3.63, 3.8) is 0 Å². The molecule has 5 nitrogen and oxygen atoms in total. The van der Waals surface area contributed by atoms with E-state index in [0.29, 0.717) is 19.5 Å². The summed E-state index contributed by atoms with van der Waals surface area (Å²) in [6.07, 6.45) is 1.35. The molecule has 7 heteroatoms. The zero-order valence-electron chi connectivity index (χ0n) is 12.8. The summed E-state index contributed by atoms with van der Waals surface area (Å²) in [6.45, 7) is 8.59. The highest BCUT2D eigenvalue weighted by molar-refractivity contribution is 7.09. The lowest BCUT2D eigenvalue weighted by atomic mass is 9.90. The lowest BCUT2D eigenvalue weighted by Crippen LogP contribution is -2.35. The minimum atomic E-state index is 0. The molecule has 1 aliphatic rings. The summed E-state index contributed by atoms with van der Waals surface area (Å²) in [7, 11) is 0. The number of halogens is 1. The van der Waals surface area contributed by atoms with Gasteiger partial charge in [-0.1, -0.05) is 18.3 Å². The van der Waals surface area contributed by atoms with Crippen LogP contribution >= 0.6 is 23.7 Å². The Balaban J connectivity index is 0.00000220. The van der Waals surface area contributed by atoms with Gasteiger partial charge >= 0.3 is 4.87 Å². The van der Waals surface area contributed by atoms with Crippen LogP contribution in [-0.4, -0.2) is 35.0 Å². The number of aromatic nitrogens is 1. The minimum Gasteiger partial charge on any atom is -0.342 e. The predicted molar refractivity (Wildman–Crippen MR) is 88.3 cm³/mol. The molecule has 0 aromatic carbocycles. The number of carbonyl (C=O) groups is 1. The lowest BCUT2D eigenvalue weighted by molar-refractivity contribution is -0.130. The Morgan fingerprint density at radius 3 is 2.57 bits per heavy atom. The maximum Gasteiger partial charge on any atom is 0.307 e. The summed E-state index contributed by atoms with van der Waals surface area (Å²) in [6, 6.07) is 0. The van der Waals surface area contributed by atoms with E-state index in [1.807, 2.05) is 18.7 Å². The first-order valence-corrected chi connectivity index (χ1v) is 7.82. The van der Waals surface area contributed by atoms with Gasteiger partial charge in [-0.25, -0.2) is 0 Å². The van der Waals surface area contributed by atoms with Gasteiger partial charge in [-0.2, -0.15) is 0 Å². The molecular weight excluding hydrogens is 310 g/mol. The van der Waals surface area contributed by atoms with Crippen molar-refractivity contribution in [3.05, 3.63) is 20.2 Å². The maximum atomic E-state index is 12.2. The van der Waals surface area contributed by atoms with E-state index in [-0.39, 0.29) is 28.6 Å². The van der Waals surface area contributed by atoms with Gasteiger partial charge in [0, 0.05) is 36.6 Å². The van der Waals surface area contributed by atoms with Crippen LogP contribution in [0.15, 0.2) is 4.79 Å². The van der Waals surface area contributed by atoms with Crippen LogP contribution in [0.5, 0.6) is 0 Å². The topological polar surface area (TPSA) is 68.3 Å². The van der Waals surface area contributed by atoms with Gasteiger partial charge in [-0.15, -0.1) is 12.4 Å². The van der Waals surface area contributed by atoms with Crippen LogP contribution in [0.4, 0.5) is 0 Å². The fraction of sp³-hybridized carbons (Fsp3) is 0.714. The zero-order valence-corrected chi connectivity index (χ0v) is 14.5. The van der Waals surface area contributed by atoms with Gasteiger partial charge < -0.3 is 15.2 Å². The molecule has 2 heterocycles. The number of likely N-dealkylation sites (tertiary alicyclic amines) is 1. The molecule has 1 amide bonds. The molecule has 21 heavy (non-hydrogen) atoms. The van der Waals surface area contributed by atoms with E-state index in [9.17, 15) is 9.59 Å². The molecule has 1 aromatic heterocycles. The summed E-state index contributed by atoms with van der Waals surface area (Å²) in [5.41, 5.74) is 6.79. The standard InChI is InChI=1S/C14H23N3O2S.ClH/c1-10-11(2)20-13(19)17(10)6-4-12(18)16-7-5-14(3,8-15)9-16;/h4-9,15H2,1-3H3;1H. The smallest absolute Gasteiger partial charge is 0.307 e. The second-order valence-corrected chi connectivity index (χ2v) is 7.16. The van der Waals surface area contributed by atoms with Gasteiger partial charge in [0.1, 0.15) is 0 Å². The van der Waals surface area contributed by atoms with Crippen LogP contribution in [0, 0.1) is 19.3 Å². The Kier molecular flexibility index (Phi) is 6.01. The quantitative estimate of drug-likeness (QED) is 0.908. The van der Waals surface area contributed by atoms with E-state index in [2.05, 4.69) is 6.92 Å². The number of rotatable bonds is 4. The maximum absolute atomic E-state index is 12.2. The summed E-state index contributed by atoms with van der Waals surface area (Å²) in [5, 5.41) is 0. The minimum absolute atomic E-state index is 0. The predicted octanol–water partition coefficient (Wildman–Crippen LogP) is 1.54. The third-order valence-electron chi connectivity index (χ3n) is 4.33. The van der Waals surface area contributed by atoms with Crippen molar-refractivity contribution in [1.82, 2.24) is 9.47 Å². The third-order valence-corrected chi connectivity index (χ3v) is 5.32. The van der Waals surface area contributed by atoms with Crippen LogP contribution in [0.3, 0.4) is 0 Å². The van der Waals surface area contributed by atoms with E-state index >= 15 is 0 Å². The number of hydrogen-bond acceptors (Lipinski definition) is 4. The monoisotopic (exact) mass is 333 g/mol. The Morgan fingerprint density at radius 2 is 2.10 bits per heavy atom. The Bertz CT molecular complexity index is 569. The van der Waals surface area contributed by atoms with Crippen molar-refractivity contribution >= 4 is 29.7 Å². The van der Waals surface area contributed by atoms with Gasteiger partial charge in [0.2, 0.25) is 5.91 Å². The molecule has 1 saturated heterocycles. The van der Waals surface area contributed by atoms with Crippen LogP contribution in [-0.2, 0) is 11.3 Å². The highest BCUT2D eigenvalue weighted by Crippen LogP contribution is 2.28. The first-order chi connectivity index (χ1) is 9.36. The average molecular weight is 334 g/mol. The van der Waals surface area contributed by atoms with Gasteiger partial charge in [0.15, 0.2) is 0 Å². The number of aryl methyl sites for hydroxylation is 1. The summed E-state index contributed by atoms with van der Waals surface area (Å²) in [5.74, 6) is 0.123. The second kappa shape index (κ2) is 6.94. The van der Waals surface area contributed by atoms with Crippen molar-refractivity contribution in [2.24, 2.45) is 11.1 Å². The molecule has 0 spiro atoms. The molecule has 1 fully saturated rings. The molecule has 1 aliphatic heterocycles. The van der Waals surface area contributed by atoms with Crippen molar-refractivity contribution in [2.45, 2.75) is 40.2 Å². The van der Waals surface area contributed by atoms with E-state index in [4.69, 9.17) is 5.73 Å². The Hall–Kier alpha value is -0.850. The molecule has 1 aromatic rings. The van der Waals surface area contributed by atoms with Crippen molar-refractivity contribution in [1.29, 1.82) is 0 Å². The summed E-state index contributed by atoms with van der Waals surface area (Å²) >= 11 is 1.25. The lowest BCUT2D eigenvalue weighted by Gasteiger charge is -2.22. The highest BCUT2D eigenvalue weighted by Gasteiger charge is 2.34. The highest BCUT2D eigenvalue weighted by atomic mass is 35.5. The first-order valence-electron chi connectivity index (χ1n) is 7.01. The number of thiazole rings is 1. The van der Waals surface area contributed by atoms with Crippen molar-refractivity contribution < 1.29 is 4.79 Å². The molecular formula is C14H24ClN3O2S. The van der Waals surface area contributed by atoms with Crippen LogP contribution in [0.25, 0.3) is 0 Å². The molecule has 0 saturated carbocycles. The fourth-order valence-corrected chi connectivity index (χ4v) is 3.47. The Labute approximate surface area is 135 Å². The van der Waals surface area contributed by atoms with Gasteiger partial charge in [-0.05, 0) is 32.2 Å². The van der Waals surface area contributed by atoms with Crippen molar-refractivity contribution in [2.75, 3.05) is 19.6 Å². The average Bonchev–Trinajstić information content (AvgIpc) is 2.91. The first kappa shape index (κ1) is 18.2.